The topological polar surface area (TPSA) is 29.0 Å². The zero-order chi connectivity index (χ0) is 10.7. The fraction of sp³-hybridized carbons (Fsp3) is 0.0909. The Balaban J connectivity index is 2.29. The summed E-state index contributed by atoms with van der Waals surface area (Å²) >= 11 is 0. The van der Waals surface area contributed by atoms with Crippen molar-refractivity contribution in [2.75, 3.05) is 11.9 Å². The van der Waals surface area contributed by atoms with Crippen molar-refractivity contribution in [1.29, 1.82) is 0 Å². The van der Waals surface area contributed by atoms with Gasteiger partial charge in [0.2, 0.25) is 0 Å². The summed E-state index contributed by atoms with van der Waals surface area (Å²) in [5.41, 5.74) is 0. The van der Waals surface area contributed by atoms with Gasteiger partial charge in [0.1, 0.15) is 17.5 Å². The van der Waals surface area contributed by atoms with Crippen LogP contribution in [0.2, 0.25) is 0 Å². The van der Waals surface area contributed by atoms with Crippen molar-refractivity contribution in [2.24, 2.45) is 0 Å². The number of nitrogens with zero attached hydrogens (tertiary/aromatic N) is 3. The predicted octanol–water partition coefficient (Wildman–Crippen LogP) is 2.38. The minimum atomic E-state index is -0.340. The lowest BCUT2D eigenvalue weighted by molar-refractivity contribution is 0.621. The third-order valence-corrected chi connectivity index (χ3v) is 2.05. The molecule has 0 radical (unpaired) electrons. The minimum Gasteiger partial charge on any atom is -0.314 e. The number of pyridine rings is 2. The average molecular weight is 203 g/mol. The molecular weight excluding hydrogens is 193 g/mol. The van der Waals surface area contributed by atoms with Crippen LogP contribution in [0.5, 0.6) is 0 Å². The molecule has 0 aliphatic carbocycles. The molecule has 76 valence electrons. The lowest BCUT2D eigenvalue weighted by atomic mass is 10.4. The molecule has 15 heavy (non-hydrogen) atoms. The smallest absolute Gasteiger partial charge is 0.141 e. The summed E-state index contributed by atoms with van der Waals surface area (Å²) in [7, 11) is 1.84. The standard InChI is InChI=1S/C11H10FN3/c1-15(10-4-2-3-7-13-10)11-6-5-9(12)8-14-11/h2-8H,1H3. The summed E-state index contributed by atoms with van der Waals surface area (Å²) < 4.78 is 12.7. The maximum atomic E-state index is 12.7. The summed E-state index contributed by atoms with van der Waals surface area (Å²) in [5.74, 6) is 1.10. The van der Waals surface area contributed by atoms with Crippen LogP contribution in [-0.4, -0.2) is 17.0 Å². The molecule has 0 atom stereocenters. The van der Waals surface area contributed by atoms with Crippen LogP contribution < -0.4 is 4.90 Å². The highest BCUT2D eigenvalue weighted by Gasteiger charge is 2.05. The molecular formula is C11H10FN3. The van der Waals surface area contributed by atoms with Gasteiger partial charge in [-0.25, -0.2) is 14.4 Å². The highest BCUT2D eigenvalue weighted by molar-refractivity contribution is 5.53. The highest BCUT2D eigenvalue weighted by atomic mass is 19.1. The Morgan fingerprint density at radius 1 is 1.07 bits per heavy atom. The van der Waals surface area contributed by atoms with Crippen LogP contribution in [0, 0.1) is 5.82 Å². The van der Waals surface area contributed by atoms with Crippen LogP contribution in [0.25, 0.3) is 0 Å². The Morgan fingerprint density at radius 3 is 2.47 bits per heavy atom. The number of hydrogen-bond donors (Lipinski definition) is 0. The van der Waals surface area contributed by atoms with Gasteiger partial charge in [-0.3, -0.25) is 0 Å². The quantitative estimate of drug-likeness (QED) is 0.750. The fourth-order valence-corrected chi connectivity index (χ4v) is 1.24. The van der Waals surface area contributed by atoms with Crippen LogP contribution in [0.15, 0.2) is 42.7 Å². The number of halogens is 1. The van der Waals surface area contributed by atoms with Crippen molar-refractivity contribution in [3.05, 3.63) is 48.5 Å². The number of hydrogen-bond acceptors (Lipinski definition) is 3. The Labute approximate surface area is 87.2 Å². The second-order valence-electron chi connectivity index (χ2n) is 3.08. The van der Waals surface area contributed by atoms with Gasteiger partial charge < -0.3 is 4.90 Å². The molecule has 0 bridgehead atoms. The molecule has 0 fully saturated rings. The van der Waals surface area contributed by atoms with E-state index in [2.05, 4.69) is 9.97 Å². The highest BCUT2D eigenvalue weighted by Crippen LogP contribution is 2.17. The lowest BCUT2D eigenvalue weighted by Crippen LogP contribution is -2.12. The van der Waals surface area contributed by atoms with Gasteiger partial charge in [-0.1, -0.05) is 6.07 Å². The summed E-state index contributed by atoms with van der Waals surface area (Å²) in [4.78, 5) is 9.93. The third-order valence-electron chi connectivity index (χ3n) is 2.05. The molecule has 0 saturated heterocycles. The molecule has 0 unspecified atom stereocenters. The fourth-order valence-electron chi connectivity index (χ4n) is 1.24. The molecule has 4 heteroatoms. The molecule has 0 aliphatic rings. The Hall–Kier alpha value is -1.97. The average Bonchev–Trinajstić information content (AvgIpc) is 2.30. The van der Waals surface area contributed by atoms with E-state index < -0.39 is 0 Å². The van der Waals surface area contributed by atoms with Crippen molar-refractivity contribution in [1.82, 2.24) is 9.97 Å². The van der Waals surface area contributed by atoms with Crippen LogP contribution in [0.3, 0.4) is 0 Å². The molecule has 0 N–H and O–H groups in total. The molecule has 3 nitrogen and oxygen atoms in total. The van der Waals surface area contributed by atoms with Gasteiger partial charge in [0.15, 0.2) is 0 Å². The molecule has 0 amide bonds. The SMILES string of the molecule is CN(c1ccccn1)c1ccc(F)cn1. The maximum Gasteiger partial charge on any atom is 0.141 e. The van der Waals surface area contributed by atoms with Crippen LogP contribution in [-0.2, 0) is 0 Å². The number of rotatable bonds is 2. The van der Waals surface area contributed by atoms with Crippen molar-refractivity contribution in [2.45, 2.75) is 0 Å². The van der Waals surface area contributed by atoms with Gasteiger partial charge in [-0.2, -0.15) is 0 Å². The second kappa shape index (κ2) is 4.04. The van der Waals surface area contributed by atoms with E-state index in [0.717, 1.165) is 5.82 Å². The van der Waals surface area contributed by atoms with E-state index in [9.17, 15) is 4.39 Å². The second-order valence-corrected chi connectivity index (χ2v) is 3.08. The molecule has 0 aliphatic heterocycles. The van der Waals surface area contributed by atoms with Gasteiger partial charge >= 0.3 is 0 Å². The van der Waals surface area contributed by atoms with E-state index in [4.69, 9.17) is 0 Å². The van der Waals surface area contributed by atoms with Gasteiger partial charge in [-0.05, 0) is 24.3 Å². The number of aromatic nitrogens is 2. The lowest BCUT2D eigenvalue weighted by Gasteiger charge is -2.16. The summed E-state index contributed by atoms with van der Waals surface area (Å²) in [6.45, 7) is 0. The maximum absolute atomic E-state index is 12.7. The van der Waals surface area contributed by atoms with E-state index in [1.54, 1.807) is 17.2 Å². The number of anilines is 2. The molecule has 2 aromatic rings. The molecule has 2 heterocycles. The van der Waals surface area contributed by atoms with Crippen molar-refractivity contribution in [3.63, 3.8) is 0 Å². The molecule has 0 saturated carbocycles. The molecule has 0 spiro atoms. The summed E-state index contributed by atoms with van der Waals surface area (Å²) in [6.07, 6.45) is 2.89. The van der Waals surface area contributed by atoms with Crippen LogP contribution in [0.4, 0.5) is 16.0 Å². The zero-order valence-electron chi connectivity index (χ0n) is 8.26. The first-order chi connectivity index (χ1) is 7.27. The first-order valence-electron chi connectivity index (χ1n) is 4.54. The van der Waals surface area contributed by atoms with Gasteiger partial charge in [0.25, 0.3) is 0 Å². The van der Waals surface area contributed by atoms with E-state index in [-0.39, 0.29) is 5.82 Å². The van der Waals surface area contributed by atoms with Crippen molar-refractivity contribution >= 4 is 11.6 Å². The van der Waals surface area contributed by atoms with Gasteiger partial charge in [0, 0.05) is 13.2 Å². The van der Waals surface area contributed by atoms with E-state index in [0.29, 0.717) is 5.82 Å². The van der Waals surface area contributed by atoms with E-state index in [1.165, 1.54) is 12.3 Å². The largest absolute Gasteiger partial charge is 0.314 e. The van der Waals surface area contributed by atoms with Crippen LogP contribution >= 0.6 is 0 Å². The Kier molecular flexibility index (Phi) is 2.58. The normalized spacial score (nSPS) is 10.0. The summed E-state index contributed by atoms with van der Waals surface area (Å²) in [6, 6.07) is 8.59. The Bertz CT molecular complexity index is 427. The third kappa shape index (κ3) is 2.10. The van der Waals surface area contributed by atoms with Crippen LogP contribution in [0.1, 0.15) is 0 Å². The molecule has 0 aromatic carbocycles. The first-order valence-corrected chi connectivity index (χ1v) is 4.54. The van der Waals surface area contributed by atoms with E-state index in [1.807, 2.05) is 25.2 Å². The Morgan fingerprint density at radius 2 is 1.87 bits per heavy atom. The molecule has 2 aromatic heterocycles. The minimum absolute atomic E-state index is 0.340. The first kappa shape index (κ1) is 9.58. The predicted molar refractivity (Wildman–Crippen MR) is 56.5 cm³/mol. The summed E-state index contributed by atoms with van der Waals surface area (Å²) in [5, 5.41) is 0. The zero-order valence-corrected chi connectivity index (χ0v) is 8.26. The van der Waals surface area contributed by atoms with Crippen molar-refractivity contribution < 1.29 is 4.39 Å². The van der Waals surface area contributed by atoms with Gasteiger partial charge in [0.05, 0.1) is 6.20 Å². The monoisotopic (exact) mass is 203 g/mol. The van der Waals surface area contributed by atoms with E-state index >= 15 is 0 Å². The van der Waals surface area contributed by atoms with Gasteiger partial charge in [-0.15, -0.1) is 0 Å². The molecule has 2 rings (SSSR count). The van der Waals surface area contributed by atoms with Crippen molar-refractivity contribution in [3.8, 4) is 0 Å².